The van der Waals surface area contributed by atoms with Gasteiger partial charge < -0.3 is 9.64 Å². The summed E-state index contributed by atoms with van der Waals surface area (Å²) in [4.78, 5) is 15.8. The zero-order valence-corrected chi connectivity index (χ0v) is 14.4. The maximum absolute atomic E-state index is 11.7. The predicted octanol–water partition coefficient (Wildman–Crippen LogP) is 3.81. The third kappa shape index (κ3) is 3.71. The Morgan fingerprint density at radius 2 is 1.54 bits per heavy atom. The van der Waals surface area contributed by atoms with Crippen molar-refractivity contribution in [2.75, 3.05) is 33.3 Å². The highest BCUT2D eigenvalue weighted by Crippen LogP contribution is 2.30. The van der Waals surface area contributed by atoms with Crippen LogP contribution in [0.4, 0.5) is 4.79 Å². The molecule has 0 aromatic heterocycles. The molecule has 0 unspecified atom stereocenters. The van der Waals surface area contributed by atoms with E-state index in [0.29, 0.717) is 13.1 Å². The van der Waals surface area contributed by atoms with Gasteiger partial charge in [-0.1, -0.05) is 54.1 Å². The molecule has 1 aliphatic rings. The molecular formula is C19H21ClN2O2. The molecule has 0 radical (unpaired) electrons. The van der Waals surface area contributed by atoms with Crippen LogP contribution in [0.15, 0.2) is 54.6 Å². The second-order valence-electron chi connectivity index (χ2n) is 5.86. The van der Waals surface area contributed by atoms with Gasteiger partial charge in [0.25, 0.3) is 0 Å². The lowest BCUT2D eigenvalue weighted by atomic mass is 9.96. The van der Waals surface area contributed by atoms with E-state index in [2.05, 4.69) is 41.3 Å². The van der Waals surface area contributed by atoms with Gasteiger partial charge in [-0.25, -0.2) is 4.79 Å². The Labute approximate surface area is 147 Å². The van der Waals surface area contributed by atoms with Gasteiger partial charge in [0.1, 0.15) is 0 Å². The zero-order chi connectivity index (χ0) is 16.9. The van der Waals surface area contributed by atoms with Gasteiger partial charge in [-0.2, -0.15) is 0 Å². The lowest BCUT2D eigenvalue weighted by Gasteiger charge is -2.39. The summed E-state index contributed by atoms with van der Waals surface area (Å²) in [6, 6.07) is 18.6. The summed E-state index contributed by atoms with van der Waals surface area (Å²) in [5, 5.41) is 0.737. The van der Waals surface area contributed by atoms with E-state index < -0.39 is 0 Å². The molecule has 0 aliphatic carbocycles. The third-order valence-corrected chi connectivity index (χ3v) is 4.67. The van der Waals surface area contributed by atoms with E-state index in [1.165, 1.54) is 18.2 Å². The number of piperazine rings is 1. The Morgan fingerprint density at radius 3 is 2.12 bits per heavy atom. The summed E-state index contributed by atoms with van der Waals surface area (Å²) in [7, 11) is 1.43. The number of hydrogen-bond donors (Lipinski definition) is 0. The first-order valence-electron chi connectivity index (χ1n) is 8.06. The standard InChI is InChI=1S/C19H21ClN2O2/c1-24-19(23)22-13-11-21(12-14-22)18(15-5-3-2-4-6-15)16-7-9-17(20)10-8-16/h2-10,18H,11-14H2,1H3/t18-/m1/s1. The molecule has 3 rings (SSSR count). The molecule has 0 bridgehead atoms. The van der Waals surface area contributed by atoms with Crippen LogP contribution in [0.1, 0.15) is 17.2 Å². The fourth-order valence-corrected chi connectivity index (χ4v) is 3.31. The van der Waals surface area contributed by atoms with Crippen LogP contribution in [0.25, 0.3) is 0 Å². The molecule has 1 heterocycles. The molecule has 1 fully saturated rings. The van der Waals surface area contributed by atoms with Gasteiger partial charge in [-0.15, -0.1) is 0 Å². The minimum absolute atomic E-state index is 0.156. The maximum atomic E-state index is 11.7. The molecule has 1 saturated heterocycles. The van der Waals surface area contributed by atoms with Crippen LogP contribution in [0.2, 0.25) is 5.02 Å². The van der Waals surface area contributed by atoms with Gasteiger partial charge in [0, 0.05) is 31.2 Å². The zero-order valence-electron chi connectivity index (χ0n) is 13.7. The van der Waals surface area contributed by atoms with Crippen molar-refractivity contribution in [3.8, 4) is 0 Å². The van der Waals surface area contributed by atoms with Crippen LogP contribution < -0.4 is 0 Å². The molecule has 4 nitrogen and oxygen atoms in total. The molecule has 1 atom stereocenters. The van der Waals surface area contributed by atoms with Crippen molar-refractivity contribution in [2.24, 2.45) is 0 Å². The summed E-state index contributed by atoms with van der Waals surface area (Å²) in [6.45, 7) is 2.95. The second-order valence-corrected chi connectivity index (χ2v) is 6.29. The summed E-state index contributed by atoms with van der Waals surface area (Å²) in [5.74, 6) is 0. The molecule has 2 aromatic carbocycles. The van der Waals surface area contributed by atoms with Crippen molar-refractivity contribution in [1.82, 2.24) is 9.80 Å². The number of benzene rings is 2. The summed E-state index contributed by atoms with van der Waals surface area (Å²) >= 11 is 6.05. The number of nitrogens with zero attached hydrogens (tertiary/aromatic N) is 2. The van der Waals surface area contributed by atoms with Crippen molar-refractivity contribution in [1.29, 1.82) is 0 Å². The first-order valence-corrected chi connectivity index (χ1v) is 8.44. The van der Waals surface area contributed by atoms with Gasteiger partial charge in [0.05, 0.1) is 13.2 Å². The normalized spacial score (nSPS) is 16.7. The minimum atomic E-state index is -0.252. The van der Waals surface area contributed by atoms with Crippen molar-refractivity contribution in [3.05, 3.63) is 70.7 Å². The Balaban J connectivity index is 1.84. The summed E-state index contributed by atoms with van der Waals surface area (Å²) in [6.07, 6.45) is -0.252. The summed E-state index contributed by atoms with van der Waals surface area (Å²) < 4.78 is 4.82. The smallest absolute Gasteiger partial charge is 0.409 e. The van der Waals surface area contributed by atoms with Gasteiger partial charge >= 0.3 is 6.09 Å². The highest BCUT2D eigenvalue weighted by molar-refractivity contribution is 6.30. The predicted molar refractivity (Wildman–Crippen MR) is 95.3 cm³/mol. The lowest BCUT2D eigenvalue weighted by Crippen LogP contribution is -2.49. The lowest BCUT2D eigenvalue weighted by molar-refractivity contribution is 0.0812. The number of methoxy groups -OCH3 is 1. The largest absolute Gasteiger partial charge is 0.453 e. The van der Waals surface area contributed by atoms with Crippen LogP contribution in [0.5, 0.6) is 0 Å². The van der Waals surface area contributed by atoms with E-state index >= 15 is 0 Å². The number of carbonyl (C=O) groups excluding carboxylic acids is 1. The number of ether oxygens (including phenoxy) is 1. The fraction of sp³-hybridized carbons (Fsp3) is 0.316. The Hall–Kier alpha value is -2.04. The van der Waals surface area contributed by atoms with Crippen LogP contribution in [0, 0.1) is 0 Å². The number of carbonyl (C=O) groups is 1. The summed E-state index contributed by atoms with van der Waals surface area (Å²) in [5.41, 5.74) is 2.45. The minimum Gasteiger partial charge on any atom is -0.453 e. The van der Waals surface area contributed by atoms with Crippen molar-refractivity contribution in [2.45, 2.75) is 6.04 Å². The number of hydrogen-bond acceptors (Lipinski definition) is 3. The second kappa shape index (κ2) is 7.69. The fourth-order valence-electron chi connectivity index (χ4n) is 3.19. The van der Waals surface area contributed by atoms with Crippen molar-refractivity contribution < 1.29 is 9.53 Å². The Bertz CT molecular complexity index is 668. The molecule has 0 N–H and O–H groups in total. The third-order valence-electron chi connectivity index (χ3n) is 4.41. The number of rotatable bonds is 3. The van der Waals surface area contributed by atoms with Gasteiger partial charge in [-0.05, 0) is 23.3 Å². The molecule has 2 aromatic rings. The first-order chi connectivity index (χ1) is 11.7. The topological polar surface area (TPSA) is 32.8 Å². The van der Waals surface area contributed by atoms with Crippen molar-refractivity contribution in [3.63, 3.8) is 0 Å². The van der Waals surface area contributed by atoms with Gasteiger partial charge in [0.2, 0.25) is 0 Å². The maximum Gasteiger partial charge on any atom is 0.409 e. The average Bonchev–Trinajstić information content (AvgIpc) is 2.64. The molecular weight excluding hydrogens is 324 g/mol. The highest BCUT2D eigenvalue weighted by Gasteiger charge is 2.28. The van der Waals surface area contributed by atoms with E-state index in [9.17, 15) is 4.79 Å². The van der Waals surface area contributed by atoms with Crippen LogP contribution in [0.3, 0.4) is 0 Å². The quantitative estimate of drug-likeness (QED) is 0.848. The van der Waals surface area contributed by atoms with Gasteiger partial charge in [0.15, 0.2) is 0 Å². The van der Waals surface area contributed by atoms with E-state index in [1.807, 2.05) is 18.2 Å². The molecule has 126 valence electrons. The van der Waals surface area contributed by atoms with Crippen molar-refractivity contribution >= 4 is 17.7 Å². The first kappa shape index (κ1) is 16.8. The molecule has 24 heavy (non-hydrogen) atoms. The van der Waals surface area contributed by atoms with E-state index in [1.54, 1.807) is 4.90 Å². The SMILES string of the molecule is COC(=O)N1CCN([C@H](c2ccccc2)c2ccc(Cl)cc2)CC1. The molecule has 1 aliphatic heterocycles. The average molecular weight is 345 g/mol. The molecule has 5 heteroatoms. The van der Waals surface area contributed by atoms with E-state index in [4.69, 9.17) is 16.3 Å². The number of halogens is 1. The van der Waals surface area contributed by atoms with Crippen LogP contribution in [-0.4, -0.2) is 49.2 Å². The Kier molecular flexibility index (Phi) is 5.38. The highest BCUT2D eigenvalue weighted by atomic mass is 35.5. The van der Waals surface area contributed by atoms with Crippen LogP contribution in [-0.2, 0) is 4.74 Å². The van der Waals surface area contributed by atoms with E-state index in [-0.39, 0.29) is 12.1 Å². The molecule has 0 saturated carbocycles. The van der Waals surface area contributed by atoms with E-state index in [0.717, 1.165) is 18.1 Å². The number of amides is 1. The molecule has 0 spiro atoms. The monoisotopic (exact) mass is 344 g/mol. The van der Waals surface area contributed by atoms with Gasteiger partial charge in [-0.3, -0.25) is 4.90 Å². The molecule has 1 amide bonds. The van der Waals surface area contributed by atoms with Crippen LogP contribution >= 0.6 is 11.6 Å². The Morgan fingerprint density at radius 1 is 0.958 bits per heavy atom.